The second-order valence-corrected chi connectivity index (χ2v) is 6.41. The molecule has 8 heteroatoms. The highest BCUT2D eigenvalue weighted by molar-refractivity contribution is 7.99. The molecule has 27 heavy (non-hydrogen) atoms. The van der Waals surface area contributed by atoms with Gasteiger partial charge in [-0.1, -0.05) is 11.8 Å². The molecule has 0 aliphatic rings. The first-order chi connectivity index (χ1) is 13.2. The van der Waals surface area contributed by atoms with Crippen LogP contribution in [0.5, 0.6) is 0 Å². The van der Waals surface area contributed by atoms with Crippen molar-refractivity contribution in [2.45, 2.75) is 5.16 Å². The molecule has 0 aliphatic heterocycles. The van der Waals surface area contributed by atoms with E-state index in [2.05, 4.69) is 15.2 Å². The van der Waals surface area contributed by atoms with Crippen molar-refractivity contribution in [1.29, 1.82) is 0 Å². The Morgan fingerprint density at radius 1 is 0.926 bits per heavy atom. The first kappa shape index (κ1) is 17.2. The average molecular weight is 381 g/mol. The second kappa shape index (κ2) is 7.55. The Balaban J connectivity index is 1.58. The lowest BCUT2D eigenvalue weighted by atomic mass is 10.1. The van der Waals surface area contributed by atoms with E-state index < -0.39 is 0 Å². The van der Waals surface area contributed by atoms with Crippen LogP contribution >= 0.6 is 11.8 Å². The van der Waals surface area contributed by atoms with Crippen molar-refractivity contribution in [3.05, 3.63) is 72.4 Å². The molecule has 1 aromatic carbocycles. The normalized spacial score (nSPS) is 10.9. The largest absolute Gasteiger partial charge is 0.463 e. The molecular weight excluding hydrogens is 369 g/mol. The molecule has 0 unspecified atom stereocenters. The monoisotopic (exact) mass is 381 g/mol. The second-order valence-electron chi connectivity index (χ2n) is 5.46. The summed E-state index contributed by atoms with van der Waals surface area (Å²) < 4.78 is 23.8. The maximum absolute atomic E-state index is 13.0. The SMILES string of the molecule is O=C(CSc1nnc(-c2ccco2)c(-c2ccco2)n1)c1ccc(F)cc1. The van der Waals surface area contributed by atoms with Gasteiger partial charge in [-0.25, -0.2) is 9.37 Å². The molecule has 0 fully saturated rings. The number of benzene rings is 1. The molecule has 0 saturated heterocycles. The van der Waals surface area contributed by atoms with E-state index in [0.29, 0.717) is 33.6 Å². The van der Waals surface area contributed by atoms with Crippen LogP contribution in [0.1, 0.15) is 10.4 Å². The quantitative estimate of drug-likeness (QED) is 0.359. The van der Waals surface area contributed by atoms with Gasteiger partial charge in [0.1, 0.15) is 11.5 Å². The molecule has 0 aliphatic carbocycles. The highest BCUT2D eigenvalue weighted by Crippen LogP contribution is 2.30. The molecule has 134 valence electrons. The van der Waals surface area contributed by atoms with Gasteiger partial charge in [-0.15, -0.1) is 10.2 Å². The summed E-state index contributed by atoms with van der Waals surface area (Å²) in [5.41, 5.74) is 1.35. The van der Waals surface area contributed by atoms with E-state index in [4.69, 9.17) is 8.83 Å². The Kier molecular flexibility index (Phi) is 4.80. The topological polar surface area (TPSA) is 82.0 Å². The van der Waals surface area contributed by atoms with Crippen LogP contribution in [0.15, 0.2) is 75.0 Å². The van der Waals surface area contributed by atoms with E-state index in [0.717, 1.165) is 11.8 Å². The van der Waals surface area contributed by atoms with Gasteiger partial charge in [-0.3, -0.25) is 4.79 Å². The van der Waals surface area contributed by atoms with Gasteiger partial charge in [-0.2, -0.15) is 0 Å². The molecule has 0 bridgehead atoms. The van der Waals surface area contributed by atoms with Crippen molar-refractivity contribution in [2.75, 3.05) is 5.75 Å². The van der Waals surface area contributed by atoms with Gasteiger partial charge in [0.05, 0.1) is 18.3 Å². The summed E-state index contributed by atoms with van der Waals surface area (Å²) >= 11 is 1.14. The minimum atomic E-state index is -0.386. The molecule has 3 heterocycles. The van der Waals surface area contributed by atoms with Crippen molar-refractivity contribution < 1.29 is 18.0 Å². The van der Waals surface area contributed by atoms with Crippen LogP contribution in [0.3, 0.4) is 0 Å². The third-order valence-corrected chi connectivity index (χ3v) is 4.51. The fourth-order valence-corrected chi connectivity index (χ4v) is 3.07. The lowest BCUT2D eigenvalue weighted by molar-refractivity contribution is 0.102. The number of ketones is 1. The third kappa shape index (κ3) is 3.80. The summed E-state index contributed by atoms with van der Waals surface area (Å²) in [6.45, 7) is 0. The fraction of sp³-hybridized carbons (Fsp3) is 0.0526. The summed E-state index contributed by atoms with van der Waals surface area (Å²) in [5.74, 6) is 0.593. The van der Waals surface area contributed by atoms with Gasteiger partial charge in [0.15, 0.2) is 23.0 Å². The Morgan fingerprint density at radius 2 is 1.59 bits per heavy atom. The van der Waals surface area contributed by atoms with Crippen LogP contribution in [-0.2, 0) is 0 Å². The number of thioether (sulfide) groups is 1. The number of hydrogen-bond donors (Lipinski definition) is 0. The predicted molar refractivity (Wildman–Crippen MR) is 96.7 cm³/mol. The summed E-state index contributed by atoms with van der Waals surface area (Å²) in [6.07, 6.45) is 3.07. The number of carbonyl (C=O) groups excluding carboxylic acids is 1. The maximum atomic E-state index is 13.0. The highest BCUT2D eigenvalue weighted by Gasteiger charge is 2.18. The number of carbonyl (C=O) groups is 1. The molecule has 6 nitrogen and oxygen atoms in total. The molecule has 0 radical (unpaired) electrons. The molecule has 0 N–H and O–H groups in total. The van der Waals surface area contributed by atoms with Crippen LogP contribution in [0.2, 0.25) is 0 Å². The summed E-state index contributed by atoms with van der Waals surface area (Å²) in [7, 11) is 0. The summed E-state index contributed by atoms with van der Waals surface area (Å²) in [4.78, 5) is 16.7. The number of rotatable bonds is 6. The molecule has 0 atom stereocenters. The molecule has 0 amide bonds. The Labute approximate surface area is 157 Å². The smallest absolute Gasteiger partial charge is 0.210 e. The molecule has 4 rings (SSSR count). The molecular formula is C19H12FN3O3S. The van der Waals surface area contributed by atoms with E-state index in [1.807, 2.05) is 0 Å². The maximum Gasteiger partial charge on any atom is 0.210 e. The predicted octanol–water partition coefficient (Wildman–Crippen LogP) is 4.51. The Morgan fingerprint density at radius 3 is 2.22 bits per heavy atom. The van der Waals surface area contributed by atoms with Crippen LogP contribution in [0.4, 0.5) is 4.39 Å². The standard InChI is InChI=1S/C19H12FN3O3S/c20-13-7-5-12(6-8-13)14(24)11-27-19-21-17(15-3-1-9-25-15)18(22-23-19)16-4-2-10-26-16/h1-10H,11H2. The zero-order valence-corrected chi connectivity index (χ0v) is 14.6. The molecule has 0 saturated carbocycles. The van der Waals surface area contributed by atoms with E-state index >= 15 is 0 Å². The van der Waals surface area contributed by atoms with Gasteiger partial charge in [-0.05, 0) is 48.5 Å². The lowest BCUT2D eigenvalue weighted by Crippen LogP contribution is -2.04. The van der Waals surface area contributed by atoms with Crippen LogP contribution in [0, 0.1) is 5.82 Å². The number of aromatic nitrogens is 3. The van der Waals surface area contributed by atoms with Crippen molar-refractivity contribution in [2.24, 2.45) is 0 Å². The number of halogens is 1. The summed E-state index contributed by atoms with van der Waals surface area (Å²) in [6, 6.07) is 12.4. The molecule has 4 aromatic rings. The van der Waals surface area contributed by atoms with Gasteiger partial charge in [0.25, 0.3) is 0 Å². The minimum Gasteiger partial charge on any atom is -0.463 e. The van der Waals surface area contributed by atoms with Crippen molar-refractivity contribution >= 4 is 17.5 Å². The zero-order valence-electron chi connectivity index (χ0n) is 13.8. The first-order valence-electron chi connectivity index (χ1n) is 7.95. The van der Waals surface area contributed by atoms with Crippen molar-refractivity contribution in [1.82, 2.24) is 15.2 Å². The van der Waals surface area contributed by atoms with Gasteiger partial charge in [0.2, 0.25) is 5.16 Å². The van der Waals surface area contributed by atoms with Crippen molar-refractivity contribution in [3.8, 4) is 22.9 Å². The summed E-state index contributed by atoms with van der Waals surface area (Å²) in [5, 5.41) is 8.59. The van der Waals surface area contributed by atoms with E-state index in [1.165, 1.54) is 36.8 Å². The Bertz CT molecular complexity index is 1050. The highest BCUT2D eigenvalue weighted by atomic mass is 32.2. The number of nitrogens with zero attached hydrogens (tertiary/aromatic N) is 3. The zero-order chi connectivity index (χ0) is 18.6. The first-order valence-corrected chi connectivity index (χ1v) is 8.93. The van der Waals surface area contributed by atoms with E-state index in [-0.39, 0.29) is 17.4 Å². The van der Waals surface area contributed by atoms with Crippen LogP contribution < -0.4 is 0 Å². The van der Waals surface area contributed by atoms with E-state index in [1.54, 1.807) is 24.3 Å². The van der Waals surface area contributed by atoms with Gasteiger partial charge >= 0.3 is 0 Å². The molecule has 0 spiro atoms. The fourth-order valence-electron chi connectivity index (χ4n) is 2.39. The van der Waals surface area contributed by atoms with E-state index in [9.17, 15) is 9.18 Å². The van der Waals surface area contributed by atoms with Crippen LogP contribution in [-0.4, -0.2) is 26.7 Å². The van der Waals surface area contributed by atoms with Crippen LogP contribution in [0.25, 0.3) is 22.9 Å². The third-order valence-electron chi connectivity index (χ3n) is 3.67. The number of Topliss-reactive ketones (excluding diaryl/α,β-unsaturated/α-hetero) is 1. The minimum absolute atomic E-state index is 0.102. The van der Waals surface area contributed by atoms with Gasteiger partial charge in [0, 0.05) is 5.56 Å². The lowest BCUT2D eigenvalue weighted by Gasteiger charge is -2.05. The average Bonchev–Trinajstić information content (AvgIpc) is 3.40. The Hall–Kier alpha value is -3.26. The molecule has 3 aromatic heterocycles. The van der Waals surface area contributed by atoms with Gasteiger partial charge < -0.3 is 8.83 Å². The van der Waals surface area contributed by atoms with Crippen molar-refractivity contribution in [3.63, 3.8) is 0 Å². The number of furan rings is 2. The number of hydrogen-bond acceptors (Lipinski definition) is 7.